The number of carboxylic acids is 1. The number of urea groups is 1. The smallest absolute Gasteiger partial charge is 0.326 e. The van der Waals surface area contributed by atoms with Crippen molar-refractivity contribution in [3.05, 3.63) is 24.3 Å². The van der Waals surface area contributed by atoms with Gasteiger partial charge in [-0.1, -0.05) is 0 Å². The van der Waals surface area contributed by atoms with E-state index in [0.29, 0.717) is 30.8 Å². The Morgan fingerprint density at radius 2 is 2.05 bits per heavy atom. The van der Waals surface area contributed by atoms with Crippen LogP contribution >= 0.6 is 0 Å². The number of anilines is 1. The van der Waals surface area contributed by atoms with Crippen LogP contribution in [-0.2, 0) is 4.79 Å². The molecule has 1 fully saturated rings. The number of hydrogen-bond acceptors (Lipinski definition) is 3. The normalized spacial score (nSPS) is 18.2. The lowest BCUT2D eigenvalue weighted by molar-refractivity contribution is -0.141. The van der Waals surface area contributed by atoms with E-state index in [2.05, 4.69) is 5.32 Å². The molecule has 2 amide bonds. The second kappa shape index (κ2) is 5.60. The van der Waals surface area contributed by atoms with E-state index in [0.717, 1.165) is 0 Å². The van der Waals surface area contributed by atoms with Crippen LogP contribution in [0, 0.1) is 0 Å². The summed E-state index contributed by atoms with van der Waals surface area (Å²) in [5.74, 6) is -0.259. The summed E-state index contributed by atoms with van der Waals surface area (Å²) in [5.41, 5.74) is 0.613. The maximum absolute atomic E-state index is 12.0. The van der Waals surface area contributed by atoms with Crippen LogP contribution < -0.4 is 10.1 Å². The molecule has 1 aromatic carbocycles. The van der Waals surface area contributed by atoms with E-state index in [1.165, 1.54) is 4.90 Å². The zero-order valence-corrected chi connectivity index (χ0v) is 10.6. The monoisotopic (exact) mass is 264 g/mol. The first-order valence-electron chi connectivity index (χ1n) is 6.06. The average molecular weight is 264 g/mol. The zero-order valence-electron chi connectivity index (χ0n) is 10.6. The summed E-state index contributed by atoms with van der Waals surface area (Å²) in [7, 11) is 1.56. The standard InChI is InChI=1S/C13H16N2O4/c1-19-10-6-4-9(5-7-10)14-13(18)15-8-2-3-11(15)12(16)17/h4-7,11H,2-3,8H2,1H3,(H,14,18)(H,16,17). The number of ether oxygens (including phenoxy) is 1. The van der Waals surface area contributed by atoms with Crippen LogP contribution in [-0.4, -0.2) is 41.7 Å². The molecule has 0 saturated carbocycles. The third kappa shape index (κ3) is 2.96. The van der Waals surface area contributed by atoms with Crippen molar-refractivity contribution in [2.24, 2.45) is 0 Å². The summed E-state index contributed by atoms with van der Waals surface area (Å²) < 4.78 is 5.02. The molecular formula is C13H16N2O4. The SMILES string of the molecule is COc1ccc(NC(=O)N2CCCC2C(=O)O)cc1. The van der Waals surface area contributed by atoms with Gasteiger partial charge >= 0.3 is 12.0 Å². The van der Waals surface area contributed by atoms with Gasteiger partial charge in [-0.3, -0.25) is 0 Å². The Bertz CT molecular complexity index is 472. The number of nitrogens with zero attached hydrogens (tertiary/aromatic N) is 1. The minimum atomic E-state index is -0.956. The van der Waals surface area contributed by atoms with Crippen molar-refractivity contribution in [1.29, 1.82) is 0 Å². The van der Waals surface area contributed by atoms with E-state index in [-0.39, 0.29) is 6.03 Å². The third-order valence-corrected chi connectivity index (χ3v) is 3.14. The van der Waals surface area contributed by atoms with E-state index in [1.54, 1.807) is 31.4 Å². The molecular weight excluding hydrogens is 248 g/mol. The van der Waals surface area contributed by atoms with Gasteiger partial charge in [0.2, 0.25) is 0 Å². The van der Waals surface area contributed by atoms with Gasteiger partial charge in [-0.2, -0.15) is 0 Å². The maximum Gasteiger partial charge on any atom is 0.326 e. The molecule has 0 aromatic heterocycles. The predicted molar refractivity (Wildman–Crippen MR) is 69.4 cm³/mol. The fourth-order valence-corrected chi connectivity index (χ4v) is 2.14. The van der Waals surface area contributed by atoms with Crippen molar-refractivity contribution in [2.75, 3.05) is 19.0 Å². The highest BCUT2D eigenvalue weighted by atomic mass is 16.5. The number of carbonyl (C=O) groups is 2. The molecule has 1 aromatic rings. The molecule has 6 nitrogen and oxygen atoms in total. The van der Waals surface area contributed by atoms with Crippen LogP contribution in [0.2, 0.25) is 0 Å². The summed E-state index contributed by atoms with van der Waals surface area (Å²) in [6.45, 7) is 0.471. The van der Waals surface area contributed by atoms with Crippen LogP contribution in [0.3, 0.4) is 0 Å². The Balaban J connectivity index is 2.01. The number of nitrogens with one attached hydrogen (secondary N) is 1. The molecule has 0 bridgehead atoms. The molecule has 1 heterocycles. The topological polar surface area (TPSA) is 78.9 Å². The molecule has 1 aliphatic heterocycles. The minimum absolute atomic E-state index is 0.380. The van der Waals surface area contributed by atoms with Crippen molar-refractivity contribution in [1.82, 2.24) is 4.90 Å². The number of rotatable bonds is 3. The minimum Gasteiger partial charge on any atom is -0.497 e. The molecule has 1 atom stereocenters. The van der Waals surface area contributed by atoms with Gasteiger partial charge in [0.05, 0.1) is 7.11 Å². The number of carbonyl (C=O) groups excluding carboxylic acids is 1. The van der Waals surface area contributed by atoms with Crippen molar-refractivity contribution in [2.45, 2.75) is 18.9 Å². The number of carboxylic acid groups (broad SMARTS) is 1. The highest BCUT2D eigenvalue weighted by molar-refractivity contribution is 5.92. The summed E-state index contributed by atoms with van der Waals surface area (Å²) in [6, 6.07) is 5.78. The van der Waals surface area contributed by atoms with Gasteiger partial charge in [-0.05, 0) is 37.1 Å². The van der Waals surface area contributed by atoms with Gasteiger partial charge in [-0.15, -0.1) is 0 Å². The van der Waals surface area contributed by atoms with E-state index in [9.17, 15) is 9.59 Å². The quantitative estimate of drug-likeness (QED) is 0.872. The van der Waals surface area contributed by atoms with E-state index in [1.807, 2.05) is 0 Å². The van der Waals surface area contributed by atoms with E-state index >= 15 is 0 Å². The zero-order chi connectivity index (χ0) is 13.8. The van der Waals surface area contributed by atoms with Crippen LogP contribution in [0.25, 0.3) is 0 Å². The Hall–Kier alpha value is -2.24. The molecule has 0 aliphatic carbocycles. The van der Waals surface area contributed by atoms with E-state index in [4.69, 9.17) is 9.84 Å². The number of benzene rings is 1. The number of amides is 2. The van der Waals surface area contributed by atoms with Gasteiger partial charge < -0.3 is 20.1 Å². The van der Waals surface area contributed by atoms with Crippen molar-refractivity contribution in [3.63, 3.8) is 0 Å². The first-order valence-corrected chi connectivity index (χ1v) is 6.06. The molecule has 2 rings (SSSR count). The highest BCUT2D eigenvalue weighted by Gasteiger charge is 2.33. The lowest BCUT2D eigenvalue weighted by atomic mass is 10.2. The van der Waals surface area contributed by atoms with Crippen LogP contribution in [0.1, 0.15) is 12.8 Å². The summed E-state index contributed by atoms with van der Waals surface area (Å²) in [6.07, 6.45) is 1.22. The Kier molecular flexibility index (Phi) is 3.89. The second-order valence-corrected chi connectivity index (χ2v) is 4.35. The molecule has 19 heavy (non-hydrogen) atoms. The maximum atomic E-state index is 12.0. The Labute approximate surface area is 111 Å². The Morgan fingerprint density at radius 1 is 1.37 bits per heavy atom. The van der Waals surface area contributed by atoms with Gasteiger partial charge in [0.1, 0.15) is 11.8 Å². The molecule has 1 saturated heterocycles. The summed E-state index contributed by atoms with van der Waals surface area (Å²) in [5, 5.41) is 11.7. The molecule has 0 radical (unpaired) electrons. The largest absolute Gasteiger partial charge is 0.497 e. The third-order valence-electron chi connectivity index (χ3n) is 3.14. The van der Waals surface area contributed by atoms with Gasteiger partial charge in [0, 0.05) is 12.2 Å². The molecule has 102 valence electrons. The molecule has 2 N–H and O–H groups in total. The number of methoxy groups -OCH3 is 1. The van der Waals surface area contributed by atoms with Crippen LogP contribution in [0.5, 0.6) is 5.75 Å². The first-order chi connectivity index (χ1) is 9.11. The predicted octanol–water partition coefficient (Wildman–Crippen LogP) is 1.78. The first kappa shape index (κ1) is 13.2. The highest BCUT2D eigenvalue weighted by Crippen LogP contribution is 2.20. The van der Waals surface area contributed by atoms with Crippen LogP contribution in [0.4, 0.5) is 10.5 Å². The fourth-order valence-electron chi connectivity index (χ4n) is 2.14. The lowest BCUT2D eigenvalue weighted by Crippen LogP contribution is -2.42. The molecule has 6 heteroatoms. The van der Waals surface area contributed by atoms with Crippen molar-refractivity contribution < 1.29 is 19.4 Å². The molecule has 0 spiro atoms. The second-order valence-electron chi connectivity index (χ2n) is 4.35. The van der Waals surface area contributed by atoms with Gasteiger partial charge in [0.15, 0.2) is 0 Å². The lowest BCUT2D eigenvalue weighted by Gasteiger charge is -2.21. The van der Waals surface area contributed by atoms with Crippen molar-refractivity contribution >= 4 is 17.7 Å². The number of likely N-dealkylation sites (tertiary alicyclic amines) is 1. The molecule has 1 unspecified atom stereocenters. The van der Waals surface area contributed by atoms with Gasteiger partial charge in [-0.25, -0.2) is 9.59 Å². The summed E-state index contributed by atoms with van der Waals surface area (Å²) in [4.78, 5) is 24.4. The Morgan fingerprint density at radius 3 is 2.63 bits per heavy atom. The number of hydrogen-bond donors (Lipinski definition) is 2. The summed E-state index contributed by atoms with van der Waals surface area (Å²) >= 11 is 0. The fraction of sp³-hybridized carbons (Fsp3) is 0.385. The number of aliphatic carboxylic acids is 1. The average Bonchev–Trinajstić information content (AvgIpc) is 2.89. The van der Waals surface area contributed by atoms with Crippen LogP contribution in [0.15, 0.2) is 24.3 Å². The molecule has 1 aliphatic rings. The van der Waals surface area contributed by atoms with E-state index < -0.39 is 12.0 Å². The van der Waals surface area contributed by atoms with Gasteiger partial charge in [0.25, 0.3) is 0 Å². The van der Waals surface area contributed by atoms with Crippen molar-refractivity contribution in [3.8, 4) is 5.75 Å².